The number of piperazine rings is 1. The summed E-state index contributed by atoms with van der Waals surface area (Å²) >= 11 is 3.49. The minimum Gasteiger partial charge on any atom is -0.493 e. The van der Waals surface area contributed by atoms with Gasteiger partial charge in [-0.2, -0.15) is 0 Å². The zero-order chi connectivity index (χ0) is 24.6. The van der Waals surface area contributed by atoms with E-state index in [-0.39, 0.29) is 5.97 Å². The highest BCUT2D eigenvalue weighted by Gasteiger charge is 2.19. The predicted octanol–water partition coefficient (Wildman–Crippen LogP) is 3.70. The first-order valence-electron chi connectivity index (χ1n) is 11.6. The number of fused-ring (bicyclic) bond motifs is 1. The fraction of sp³-hybridized carbons (Fsp3) is 0.400. The second kappa shape index (κ2) is 12.1. The minimum absolute atomic E-state index is 0.161. The second-order valence-electron chi connectivity index (χ2n) is 8.15. The van der Waals surface area contributed by atoms with Gasteiger partial charge in [-0.15, -0.1) is 0 Å². The van der Waals surface area contributed by atoms with Gasteiger partial charge in [0.25, 0.3) is 0 Å². The first-order chi connectivity index (χ1) is 17.1. The molecular formula is C25H30BrN5O4. The van der Waals surface area contributed by atoms with Gasteiger partial charge in [-0.25, -0.2) is 9.97 Å². The molecule has 1 fully saturated rings. The largest absolute Gasteiger partial charge is 0.493 e. The number of methoxy groups -OCH3 is 1. The Kier molecular flexibility index (Phi) is 8.73. The van der Waals surface area contributed by atoms with E-state index in [0.717, 1.165) is 53.8 Å². The highest BCUT2D eigenvalue weighted by atomic mass is 79.9. The molecule has 2 heterocycles. The van der Waals surface area contributed by atoms with Crippen LogP contribution in [0, 0.1) is 0 Å². The maximum atomic E-state index is 11.7. The smallest absolute Gasteiger partial charge is 0.320 e. The monoisotopic (exact) mass is 543 g/mol. The molecule has 0 aliphatic carbocycles. The topological polar surface area (TPSA) is 89.1 Å². The van der Waals surface area contributed by atoms with Crippen LogP contribution in [0.2, 0.25) is 0 Å². The molecule has 0 unspecified atom stereocenters. The van der Waals surface area contributed by atoms with Crippen LogP contribution in [0.15, 0.2) is 47.2 Å². The van der Waals surface area contributed by atoms with Crippen molar-refractivity contribution in [2.24, 2.45) is 0 Å². The Morgan fingerprint density at radius 2 is 1.89 bits per heavy atom. The van der Waals surface area contributed by atoms with Gasteiger partial charge in [0.1, 0.15) is 18.8 Å². The van der Waals surface area contributed by atoms with Crippen LogP contribution in [0.1, 0.15) is 6.92 Å². The third-order valence-electron chi connectivity index (χ3n) is 5.80. The van der Waals surface area contributed by atoms with E-state index < -0.39 is 0 Å². The van der Waals surface area contributed by atoms with E-state index in [4.69, 9.17) is 14.2 Å². The summed E-state index contributed by atoms with van der Waals surface area (Å²) in [4.78, 5) is 25.0. The van der Waals surface area contributed by atoms with E-state index in [1.54, 1.807) is 7.11 Å². The fourth-order valence-electron chi connectivity index (χ4n) is 3.98. The zero-order valence-corrected chi connectivity index (χ0v) is 21.6. The Hall–Kier alpha value is -2.95. The van der Waals surface area contributed by atoms with Gasteiger partial charge in [0.05, 0.1) is 25.8 Å². The number of carbonyl (C=O) groups excluding carboxylic acids is 1. The summed E-state index contributed by atoms with van der Waals surface area (Å²) in [6.45, 7) is 7.35. The number of carbonyl (C=O) groups is 1. The number of anilines is 2. The van der Waals surface area contributed by atoms with Crippen molar-refractivity contribution < 1.29 is 19.0 Å². The van der Waals surface area contributed by atoms with Crippen LogP contribution in [-0.2, 0) is 9.53 Å². The van der Waals surface area contributed by atoms with Crippen molar-refractivity contribution in [3.63, 3.8) is 0 Å². The molecule has 1 saturated heterocycles. The lowest BCUT2D eigenvalue weighted by Crippen LogP contribution is -2.49. The number of hydrogen-bond donors (Lipinski definition) is 1. The summed E-state index contributed by atoms with van der Waals surface area (Å²) in [5.41, 5.74) is 1.68. The summed E-state index contributed by atoms with van der Waals surface area (Å²) < 4.78 is 17.7. The van der Waals surface area contributed by atoms with Gasteiger partial charge in [-0.3, -0.25) is 14.6 Å². The molecule has 0 atom stereocenters. The summed E-state index contributed by atoms with van der Waals surface area (Å²) in [6.07, 6.45) is 1.54. The number of aromatic nitrogens is 2. The average Bonchev–Trinajstić information content (AvgIpc) is 2.85. The van der Waals surface area contributed by atoms with Crippen molar-refractivity contribution in [2.75, 3.05) is 64.9 Å². The van der Waals surface area contributed by atoms with Gasteiger partial charge in [0.2, 0.25) is 0 Å². The fourth-order valence-corrected chi connectivity index (χ4v) is 4.38. The van der Waals surface area contributed by atoms with E-state index in [0.29, 0.717) is 37.1 Å². The van der Waals surface area contributed by atoms with E-state index in [1.165, 1.54) is 6.33 Å². The Morgan fingerprint density at radius 3 is 2.63 bits per heavy atom. The lowest BCUT2D eigenvalue weighted by atomic mass is 10.2. The highest BCUT2D eigenvalue weighted by molar-refractivity contribution is 9.10. The molecular weight excluding hydrogens is 514 g/mol. The van der Waals surface area contributed by atoms with E-state index >= 15 is 0 Å². The molecule has 0 saturated carbocycles. The first-order valence-corrected chi connectivity index (χ1v) is 12.4. The molecule has 0 amide bonds. The SMILES string of the molecule is CCOC(=O)CN1CCN(CCOc2cc3ncnc(Nc4cccc(Br)c4)c3cc2OC)CC1. The number of nitrogens with one attached hydrogen (secondary N) is 1. The summed E-state index contributed by atoms with van der Waals surface area (Å²) in [5, 5.41) is 4.19. The summed E-state index contributed by atoms with van der Waals surface area (Å²) in [6, 6.07) is 11.7. The van der Waals surface area contributed by atoms with Gasteiger partial charge in [-0.05, 0) is 31.2 Å². The van der Waals surface area contributed by atoms with E-state index in [1.807, 2.05) is 43.3 Å². The molecule has 1 aliphatic rings. The molecule has 1 aliphatic heterocycles. The van der Waals surface area contributed by atoms with Gasteiger partial charge >= 0.3 is 5.97 Å². The van der Waals surface area contributed by atoms with Crippen LogP contribution in [0.5, 0.6) is 11.5 Å². The molecule has 3 aromatic rings. The molecule has 186 valence electrons. The van der Waals surface area contributed by atoms with Crippen LogP contribution in [0.3, 0.4) is 0 Å². The van der Waals surface area contributed by atoms with E-state index in [2.05, 4.69) is 41.0 Å². The van der Waals surface area contributed by atoms with Crippen LogP contribution in [-0.4, -0.2) is 85.3 Å². The van der Waals surface area contributed by atoms with Crippen LogP contribution in [0.25, 0.3) is 10.9 Å². The number of ether oxygens (including phenoxy) is 3. The number of nitrogens with zero attached hydrogens (tertiary/aromatic N) is 4. The molecule has 9 nitrogen and oxygen atoms in total. The predicted molar refractivity (Wildman–Crippen MR) is 139 cm³/mol. The highest BCUT2D eigenvalue weighted by Crippen LogP contribution is 2.35. The van der Waals surface area contributed by atoms with Crippen LogP contribution >= 0.6 is 15.9 Å². The van der Waals surface area contributed by atoms with E-state index in [9.17, 15) is 4.79 Å². The molecule has 1 N–H and O–H groups in total. The minimum atomic E-state index is -0.161. The Balaban J connectivity index is 1.36. The van der Waals surface area contributed by atoms with Crippen molar-refractivity contribution in [3.05, 3.63) is 47.2 Å². The summed E-state index contributed by atoms with van der Waals surface area (Å²) in [5.74, 6) is 1.81. The van der Waals surface area contributed by atoms with Gasteiger partial charge < -0.3 is 19.5 Å². The lowest BCUT2D eigenvalue weighted by molar-refractivity contribution is -0.144. The van der Waals surface area contributed by atoms with Gasteiger partial charge in [0, 0.05) is 54.3 Å². The molecule has 0 spiro atoms. The number of halogens is 1. The third kappa shape index (κ3) is 6.81. The first kappa shape index (κ1) is 25.2. The Labute approximate surface area is 213 Å². The number of esters is 1. The van der Waals surface area contributed by atoms with Crippen molar-refractivity contribution >= 4 is 44.3 Å². The number of hydrogen-bond acceptors (Lipinski definition) is 9. The van der Waals surface area contributed by atoms with Crippen molar-refractivity contribution in [1.29, 1.82) is 0 Å². The average molecular weight is 544 g/mol. The molecule has 1 aromatic heterocycles. The number of benzene rings is 2. The summed E-state index contributed by atoms with van der Waals surface area (Å²) in [7, 11) is 1.63. The Bertz CT molecular complexity index is 1150. The van der Waals surface area contributed by atoms with Crippen molar-refractivity contribution in [1.82, 2.24) is 19.8 Å². The quantitative estimate of drug-likeness (QED) is 0.384. The second-order valence-corrected chi connectivity index (χ2v) is 9.06. The molecule has 0 bridgehead atoms. The molecule has 4 rings (SSSR count). The molecule has 10 heteroatoms. The normalized spacial score (nSPS) is 14.6. The Morgan fingerprint density at radius 1 is 1.09 bits per heavy atom. The lowest BCUT2D eigenvalue weighted by Gasteiger charge is -2.33. The number of rotatable bonds is 10. The molecule has 2 aromatic carbocycles. The zero-order valence-electron chi connectivity index (χ0n) is 20.0. The third-order valence-corrected chi connectivity index (χ3v) is 6.29. The standard InChI is InChI=1S/C25H30BrN5O4/c1-3-34-24(32)16-31-9-7-30(8-10-31)11-12-35-23-15-21-20(14-22(23)33-2)25(28-17-27-21)29-19-6-4-5-18(26)13-19/h4-6,13-15,17H,3,7-12,16H2,1-2H3,(H,27,28,29). The van der Waals surface area contributed by atoms with Crippen molar-refractivity contribution in [2.45, 2.75) is 6.92 Å². The molecule has 0 radical (unpaired) electrons. The van der Waals surface area contributed by atoms with Crippen LogP contribution in [0.4, 0.5) is 11.5 Å². The van der Waals surface area contributed by atoms with Crippen LogP contribution < -0.4 is 14.8 Å². The maximum absolute atomic E-state index is 11.7. The van der Waals surface area contributed by atoms with Gasteiger partial charge in [0.15, 0.2) is 11.5 Å². The van der Waals surface area contributed by atoms with Gasteiger partial charge in [-0.1, -0.05) is 22.0 Å². The maximum Gasteiger partial charge on any atom is 0.320 e. The van der Waals surface area contributed by atoms with Crippen molar-refractivity contribution in [3.8, 4) is 11.5 Å². The molecule has 35 heavy (non-hydrogen) atoms.